The first-order valence-corrected chi connectivity index (χ1v) is 10.3. The highest BCUT2D eigenvalue weighted by molar-refractivity contribution is 6.31. The number of carbonyl (C=O) groups is 1. The summed E-state index contributed by atoms with van der Waals surface area (Å²) in [6.07, 6.45) is 4.80. The molecule has 0 N–H and O–H groups in total. The Bertz CT molecular complexity index is 709. The van der Waals surface area contributed by atoms with E-state index in [1.165, 1.54) is 31.0 Å². The van der Waals surface area contributed by atoms with Gasteiger partial charge in [-0.2, -0.15) is 0 Å². The van der Waals surface area contributed by atoms with Crippen LogP contribution in [-0.4, -0.2) is 61.6 Å². The molecule has 0 bridgehead atoms. The second kappa shape index (κ2) is 7.69. The highest BCUT2D eigenvalue weighted by atomic mass is 35.5. The molecule has 27 heavy (non-hydrogen) atoms. The molecule has 0 unspecified atom stereocenters. The van der Waals surface area contributed by atoms with Crippen molar-refractivity contribution < 1.29 is 13.9 Å². The predicted octanol–water partition coefficient (Wildman–Crippen LogP) is 3.69. The molecule has 1 amide bonds. The summed E-state index contributed by atoms with van der Waals surface area (Å²) in [7, 11) is 4.22. The third-order valence-electron chi connectivity index (χ3n) is 6.44. The minimum atomic E-state index is -0.504. The third kappa shape index (κ3) is 4.15. The molecule has 0 spiro atoms. The zero-order chi connectivity index (χ0) is 19.1. The van der Waals surface area contributed by atoms with Crippen LogP contribution in [0.4, 0.5) is 4.39 Å². The summed E-state index contributed by atoms with van der Waals surface area (Å²) >= 11 is 5.97. The number of likely N-dealkylation sites (N-methyl/N-ethyl adjacent to an activating group) is 1. The van der Waals surface area contributed by atoms with Gasteiger partial charge in [-0.05, 0) is 75.7 Å². The Hall–Kier alpha value is -1.17. The van der Waals surface area contributed by atoms with Gasteiger partial charge in [-0.1, -0.05) is 11.6 Å². The smallest absolute Gasteiger partial charge is 0.256 e. The van der Waals surface area contributed by atoms with Gasteiger partial charge in [-0.3, -0.25) is 4.79 Å². The molecule has 0 aromatic heterocycles. The van der Waals surface area contributed by atoms with Crippen molar-refractivity contribution in [2.75, 3.05) is 33.8 Å². The molecule has 4 rings (SSSR count). The molecule has 1 saturated heterocycles. The molecular formula is C21H28ClFN2O2. The zero-order valence-electron chi connectivity index (χ0n) is 16.0. The Kier molecular flexibility index (Phi) is 5.45. The molecule has 4 atom stereocenters. The van der Waals surface area contributed by atoms with E-state index in [4.69, 9.17) is 16.3 Å². The van der Waals surface area contributed by atoms with Gasteiger partial charge in [0.1, 0.15) is 5.82 Å². The number of benzene rings is 1. The van der Waals surface area contributed by atoms with Crippen LogP contribution in [-0.2, 0) is 4.74 Å². The van der Waals surface area contributed by atoms with Crippen molar-refractivity contribution in [3.63, 3.8) is 0 Å². The van der Waals surface area contributed by atoms with E-state index in [2.05, 4.69) is 19.0 Å². The fourth-order valence-electron chi connectivity index (χ4n) is 4.65. The van der Waals surface area contributed by atoms with Gasteiger partial charge in [0.2, 0.25) is 0 Å². The summed E-state index contributed by atoms with van der Waals surface area (Å²) in [6.45, 7) is 2.23. The molecule has 6 heteroatoms. The van der Waals surface area contributed by atoms with Gasteiger partial charge in [0, 0.05) is 30.8 Å². The van der Waals surface area contributed by atoms with E-state index in [9.17, 15) is 9.18 Å². The lowest BCUT2D eigenvalue weighted by Crippen LogP contribution is -2.48. The molecule has 3 aliphatic rings. The molecular weight excluding hydrogens is 367 g/mol. The topological polar surface area (TPSA) is 32.8 Å². The van der Waals surface area contributed by atoms with Gasteiger partial charge in [-0.25, -0.2) is 4.39 Å². The Morgan fingerprint density at radius 2 is 1.96 bits per heavy atom. The molecule has 1 aliphatic heterocycles. The number of amides is 1. The van der Waals surface area contributed by atoms with Crippen LogP contribution in [0.25, 0.3) is 0 Å². The SMILES string of the molecule is CN(C)[C@@H]1C[C@@H]2CN(C(=O)c3cc(Cl)ccc3F)C[C@@H]2C[C@H]1OCC1CC1. The maximum absolute atomic E-state index is 14.1. The zero-order valence-corrected chi connectivity index (χ0v) is 16.8. The molecule has 0 radical (unpaired) electrons. The van der Waals surface area contributed by atoms with Crippen molar-refractivity contribution in [3.05, 3.63) is 34.6 Å². The Balaban J connectivity index is 1.45. The number of carbonyl (C=O) groups excluding carboxylic acids is 1. The highest BCUT2D eigenvalue weighted by Crippen LogP contribution is 2.40. The van der Waals surface area contributed by atoms with E-state index in [1.54, 1.807) is 4.90 Å². The summed E-state index contributed by atoms with van der Waals surface area (Å²) < 4.78 is 20.4. The van der Waals surface area contributed by atoms with Crippen LogP contribution in [0, 0.1) is 23.6 Å². The van der Waals surface area contributed by atoms with E-state index < -0.39 is 5.82 Å². The average Bonchev–Trinajstić information content (AvgIpc) is 3.37. The monoisotopic (exact) mass is 394 g/mol. The van der Waals surface area contributed by atoms with Gasteiger partial charge in [-0.15, -0.1) is 0 Å². The molecule has 2 aliphatic carbocycles. The molecule has 4 nitrogen and oxygen atoms in total. The molecule has 2 saturated carbocycles. The van der Waals surface area contributed by atoms with Gasteiger partial charge < -0.3 is 14.5 Å². The number of nitrogens with zero attached hydrogens (tertiary/aromatic N) is 2. The lowest BCUT2D eigenvalue weighted by atomic mass is 9.77. The summed E-state index contributed by atoms with van der Waals surface area (Å²) in [5.41, 5.74) is 0.0758. The van der Waals surface area contributed by atoms with Crippen molar-refractivity contribution in [3.8, 4) is 0 Å². The standard InChI is InChI=1S/C21H28ClFN2O2/c1-24(2)19-7-14-10-25(21(26)17-9-16(22)5-6-18(17)23)11-15(14)8-20(19)27-12-13-3-4-13/h5-6,9,13-15,19-20H,3-4,7-8,10-12H2,1-2H3/t14-,15+,19-,20-/m1/s1. The van der Waals surface area contributed by atoms with Crippen molar-refractivity contribution in [1.29, 1.82) is 0 Å². The molecule has 1 aromatic carbocycles. The fourth-order valence-corrected chi connectivity index (χ4v) is 4.83. The van der Waals surface area contributed by atoms with Crippen LogP contribution < -0.4 is 0 Å². The van der Waals surface area contributed by atoms with E-state index in [0.717, 1.165) is 25.4 Å². The van der Waals surface area contributed by atoms with Crippen LogP contribution in [0.5, 0.6) is 0 Å². The lowest BCUT2D eigenvalue weighted by molar-refractivity contribution is -0.0493. The molecule has 148 valence electrons. The second-order valence-corrected chi connectivity index (χ2v) is 9.11. The van der Waals surface area contributed by atoms with Crippen molar-refractivity contribution in [2.45, 2.75) is 37.8 Å². The number of rotatable bonds is 5. The summed E-state index contributed by atoms with van der Waals surface area (Å²) in [5.74, 6) is 0.872. The summed E-state index contributed by atoms with van der Waals surface area (Å²) in [6, 6.07) is 4.55. The van der Waals surface area contributed by atoms with Crippen molar-refractivity contribution in [2.24, 2.45) is 17.8 Å². The normalized spacial score (nSPS) is 30.6. The van der Waals surface area contributed by atoms with Gasteiger partial charge >= 0.3 is 0 Å². The lowest BCUT2D eigenvalue weighted by Gasteiger charge is -2.41. The van der Waals surface area contributed by atoms with Crippen LogP contribution >= 0.6 is 11.6 Å². The maximum Gasteiger partial charge on any atom is 0.256 e. The Labute approximate surface area is 165 Å². The van der Waals surface area contributed by atoms with Crippen LogP contribution in [0.15, 0.2) is 18.2 Å². The first-order valence-electron chi connectivity index (χ1n) is 9.94. The fraction of sp³-hybridized carbons (Fsp3) is 0.667. The van der Waals surface area contributed by atoms with Crippen molar-refractivity contribution in [1.82, 2.24) is 9.80 Å². The number of hydrogen-bond acceptors (Lipinski definition) is 3. The molecule has 1 aromatic rings. The number of halogens is 2. The second-order valence-electron chi connectivity index (χ2n) is 8.67. The predicted molar refractivity (Wildman–Crippen MR) is 103 cm³/mol. The van der Waals surface area contributed by atoms with Gasteiger partial charge in [0.25, 0.3) is 5.91 Å². The first-order chi connectivity index (χ1) is 12.9. The van der Waals surface area contributed by atoms with Crippen LogP contribution in [0.1, 0.15) is 36.0 Å². The number of ether oxygens (including phenoxy) is 1. The van der Waals surface area contributed by atoms with E-state index in [-0.39, 0.29) is 17.6 Å². The van der Waals surface area contributed by atoms with Gasteiger partial charge in [0.05, 0.1) is 11.7 Å². The Morgan fingerprint density at radius 3 is 2.63 bits per heavy atom. The minimum absolute atomic E-state index is 0.0758. The quantitative estimate of drug-likeness (QED) is 0.763. The van der Waals surface area contributed by atoms with Crippen LogP contribution in [0.3, 0.4) is 0 Å². The molecule has 3 fully saturated rings. The summed E-state index contributed by atoms with van der Waals surface area (Å²) in [4.78, 5) is 16.9. The molecule has 1 heterocycles. The van der Waals surface area contributed by atoms with Crippen LogP contribution in [0.2, 0.25) is 5.02 Å². The van der Waals surface area contributed by atoms with E-state index in [0.29, 0.717) is 36.0 Å². The maximum atomic E-state index is 14.1. The Morgan fingerprint density at radius 1 is 1.26 bits per heavy atom. The van der Waals surface area contributed by atoms with Gasteiger partial charge in [0.15, 0.2) is 0 Å². The highest BCUT2D eigenvalue weighted by Gasteiger charge is 2.45. The number of hydrogen-bond donors (Lipinski definition) is 0. The third-order valence-corrected chi connectivity index (χ3v) is 6.67. The van der Waals surface area contributed by atoms with Crippen molar-refractivity contribution >= 4 is 17.5 Å². The summed E-state index contributed by atoms with van der Waals surface area (Å²) in [5, 5.41) is 0.387. The first kappa shape index (κ1) is 19.2. The number of likely N-dealkylation sites (tertiary alicyclic amines) is 1. The minimum Gasteiger partial charge on any atom is -0.376 e. The van der Waals surface area contributed by atoms with E-state index in [1.807, 2.05) is 0 Å². The number of fused-ring (bicyclic) bond motifs is 1. The largest absolute Gasteiger partial charge is 0.376 e. The van der Waals surface area contributed by atoms with E-state index >= 15 is 0 Å². The average molecular weight is 395 g/mol.